The third-order valence-corrected chi connectivity index (χ3v) is 3.49. The average Bonchev–Trinajstić information content (AvgIpc) is 2.43. The molecular weight excluding hydrogens is 284 g/mol. The first-order valence-electron chi connectivity index (χ1n) is 6.22. The van der Waals surface area contributed by atoms with Gasteiger partial charge in [0, 0.05) is 0 Å². The van der Waals surface area contributed by atoms with Crippen molar-refractivity contribution in [2.45, 2.75) is 37.4 Å². The summed E-state index contributed by atoms with van der Waals surface area (Å²) in [5.41, 5.74) is -1.18. The van der Waals surface area contributed by atoms with Crippen LogP contribution in [0.5, 0.6) is 0 Å². The molecule has 20 heavy (non-hydrogen) atoms. The first-order valence-corrected chi connectivity index (χ1v) is 6.66. The minimum absolute atomic E-state index is 0.0103. The van der Waals surface area contributed by atoms with Crippen LogP contribution >= 0.6 is 11.6 Å². The predicted molar refractivity (Wildman–Crippen MR) is 73.8 cm³/mol. The number of carboxylic acids is 2. The van der Waals surface area contributed by atoms with Crippen molar-refractivity contribution in [1.82, 2.24) is 0 Å². The first-order chi connectivity index (χ1) is 9.44. The zero-order valence-electron chi connectivity index (χ0n) is 11.1. The zero-order chi connectivity index (χ0) is 15.2. The maximum Gasteiger partial charge on any atom is 0.338 e. The second-order valence-electron chi connectivity index (χ2n) is 4.42. The van der Waals surface area contributed by atoms with Gasteiger partial charge in [-0.05, 0) is 12.0 Å². The van der Waals surface area contributed by atoms with E-state index in [1.807, 2.05) is 6.07 Å². The fourth-order valence-electron chi connectivity index (χ4n) is 1.91. The Kier molecular flexibility index (Phi) is 5.98. The fourth-order valence-corrected chi connectivity index (χ4v) is 2.17. The van der Waals surface area contributed by atoms with Crippen LogP contribution in [0.4, 0.5) is 0 Å². The Hall–Kier alpha value is -1.59. The van der Waals surface area contributed by atoms with Crippen LogP contribution in [0.2, 0.25) is 0 Å². The highest BCUT2D eigenvalue weighted by atomic mass is 35.5. The van der Waals surface area contributed by atoms with E-state index < -0.39 is 22.9 Å². The summed E-state index contributed by atoms with van der Waals surface area (Å²) in [7, 11) is 0. The molecule has 0 aliphatic heterocycles. The van der Waals surface area contributed by atoms with Crippen LogP contribution in [0.25, 0.3) is 0 Å². The predicted octanol–water partition coefficient (Wildman–Crippen LogP) is 2.52. The largest absolute Gasteiger partial charge is 0.480 e. The van der Waals surface area contributed by atoms with Crippen molar-refractivity contribution < 1.29 is 24.5 Å². The number of hydrogen-bond acceptors (Lipinski definition) is 3. The van der Waals surface area contributed by atoms with Crippen LogP contribution in [0.3, 0.4) is 0 Å². The Morgan fingerprint density at radius 1 is 1.30 bits per heavy atom. The number of carbonyl (C=O) groups is 2. The lowest BCUT2D eigenvalue weighted by Crippen LogP contribution is -2.52. The number of benzene rings is 1. The monoisotopic (exact) mass is 300 g/mol. The SMILES string of the molecule is CCCC(OCc1ccccc1)(C(=O)O)C(Cl)C(=O)O. The van der Waals surface area contributed by atoms with Gasteiger partial charge in [0.15, 0.2) is 11.0 Å². The minimum atomic E-state index is -1.93. The molecule has 0 radical (unpaired) electrons. The van der Waals surface area contributed by atoms with Gasteiger partial charge in [-0.3, -0.25) is 4.79 Å². The lowest BCUT2D eigenvalue weighted by Gasteiger charge is -2.31. The summed E-state index contributed by atoms with van der Waals surface area (Å²) in [6, 6.07) is 8.93. The number of ether oxygens (including phenoxy) is 1. The second kappa shape index (κ2) is 7.26. The summed E-state index contributed by atoms with van der Waals surface area (Å²) >= 11 is 5.77. The van der Waals surface area contributed by atoms with Crippen molar-refractivity contribution in [3.63, 3.8) is 0 Å². The van der Waals surface area contributed by atoms with Crippen LogP contribution in [0, 0.1) is 0 Å². The topological polar surface area (TPSA) is 83.8 Å². The number of halogens is 1. The van der Waals surface area contributed by atoms with Gasteiger partial charge >= 0.3 is 11.9 Å². The van der Waals surface area contributed by atoms with E-state index in [4.69, 9.17) is 21.4 Å². The zero-order valence-corrected chi connectivity index (χ0v) is 11.8. The van der Waals surface area contributed by atoms with Crippen LogP contribution in [0.1, 0.15) is 25.3 Å². The van der Waals surface area contributed by atoms with Gasteiger partial charge in [-0.1, -0.05) is 43.7 Å². The van der Waals surface area contributed by atoms with E-state index in [0.29, 0.717) is 6.42 Å². The molecule has 0 aliphatic rings. The van der Waals surface area contributed by atoms with Crippen molar-refractivity contribution in [2.24, 2.45) is 0 Å². The lowest BCUT2D eigenvalue weighted by atomic mass is 9.93. The summed E-state index contributed by atoms with van der Waals surface area (Å²) < 4.78 is 5.43. The van der Waals surface area contributed by atoms with E-state index in [1.165, 1.54) is 0 Å². The van der Waals surface area contributed by atoms with Crippen molar-refractivity contribution in [3.8, 4) is 0 Å². The summed E-state index contributed by atoms with van der Waals surface area (Å²) in [5, 5.41) is 16.7. The Morgan fingerprint density at radius 3 is 2.35 bits per heavy atom. The van der Waals surface area contributed by atoms with Gasteiger partial charge < -0.3 is 14.9 Å². The van der Waals surface area contributed by atoms with Gasteiger partial charge in [0.05, 0.1) is 6.61 Å². The van der Waals surface area contributed by atoms with Crippen LogP contribution in [-0.4, -0.2) is 33.1 Å². The Balaban J connectivity index is 2.97. The highest BCUT2D eigenvalue weighted by molar-refractivity contribution is 6.32. The molecule has 5 nitrogen and oxygen atoms in total. The molecule has 0 heterocycles. The highest BCUT2D eigenvalue weighted by Crippen LogP contribution is 2.29. The number of aliphatic carboxylic acids is 2. The van der Waals surface area contributed by atoms with Crippen LogP contribution in [-0.2, 0) is 20.9 Å². The van der Waals surface area contributed by atoms with Gasteiger partial charge in [0.1, 0.15) is 0 Å². The number of alkyl halides is 1. The standard InChI is InChI=1S/C14H17ClO5/c1-2-8-14(13(18)19,11(15)12(16)17)20-9-10-6-4-3-5-7-10/h3-7,11H,2,8-9H2,1H3,(H,16,17)(H,18,19). The molecule has 0 spiro atoms. The van der Waals surface area contributed by atoms with E-state index in [1.54, 1.807) is 31.2 Å². The second-order valence-corrected chi connectivity index (χ2v) is 4.86. The maximum absolute atomic E-state index is 11.5. The van der Waals surface area contributed by atoms with Gasteiger partial charge in [-0.15, -0.1) is 11.6 Å². The van der Waals surface area contributed by atoms with Gasteiger partial charge in [-0.25, -0.2) is 4.79 Å². The molecule has 0 fully saturated rings. The molecule has 2 atom stereocenters. The maximum atomic E-state index is 11.5. The van der Waals surface area contributed by atoms with Gasteiger partial charge in [0.25, 0.3) is 0 Å². The first kappa shape index (κ1) is 16.5. The average molecular weight is 301 g/mol. The van der Waals surface area contributed by atoms with Crippen molar-refractivity contribution >= 4 is 23.5 Å². The molecule has 1 aromatic carbocycles. The van der Waals surface area contributed by atoms with E-state index in [0.717, 1.165) is 5.56 Å². The molecule has 0 bridgehead atoms. The Labute approximate surface area is 122 Å². The normalized spacial score (nSPS) is 15.3. The van der Waals surface area contributed by atoms with Crippen molar-refractivity contribution in [2.75, 3.05) is 0 Å². The van der Waals surface area contributed by atoms with E-state index in [-0.39, 0.29) is 13.0 Å². The third kappa shape index (κ3) is 3.71. The molecule has 0 aliphatic carbocycles. The quantitative estimate of drug-likeness (QED) is 0.721. The summed E-state index contributed by atoms with van der Waals surface area (Å²) in [5.74, 6) is -2.77. The minimum Gasteiger partial charge on any atom is -0.480 e. The molecule has 6 heteroatoms. The lowest BCUT2D eigenvalue weighted by molar-refractivity contribution is -0.175. The number of rotatable bonds is 8. The molecule has 0 saturated heterocycles. The summed E-state index contributed by atoms with van der Waals surface area (Å²) in [6.07, 6.45) is 0.465. The number of hydrogen-bond donors (Lipinski definition) is 2. The van der Waals surface area contributed by atoms with Gasteiger partial charge in [-0.2, -0.15) is 0 Å². The van der Waals surface area contributed by atoms with Crippen molar-refractivity contribution in [3.05, 3.63) is 35.9 Å². The molecular formula is C14H17ClO5. The molecule has 1 rings (SSSR count). The van der Waals surface area contributed by atoms with Crippen LogP contribution < -0.4 is 0 Å². The fraction of sp³-hybridized carbons (Fsp3) is 0.429. The van der Waals surface area contributed by atoms with Crippen LogP contribution in [0.15, 0.2) is 30.3 Å². The highest BCUT2D eigenvalue weighted by Gasteiger charge is 2.49. The smallest absolute Gasteiger partial charge is 0.338 e. The molecule has 1 aromatic rings. The summed E-state index contributed by atoms with van der Waals surface area (Å²) in [4.78, 5) is 22.6. The molecule has 110 valence electrons. The molecule has 0 saturated carbocycles. The summed E-state index contributed by atoms with van der Waals surface area (Å²) in [6.45, 7) is 1.73. The van der Waals surface area contributed by atoms with Crippen molar-refractivity contribution in [1.29, 1.82) is 0 Å². The molecule has 0 amide bonds. The molecule has 2 unspecified atom stereocenters. The Morgan fingerprint density at radius 2 is 1.90 bits per heavy atom. The number of carboxylic acid groups (broad SMARTS) is 2. The third-order valence-electron chi connectivity index (χ3n) is 2.95. The van der Waals surface area contributed by atoms with E-state index >= 15 is 0 Å². The van der Waals surface area contributed by atoms with Gasteiger partial charge in [0.2, 0.25) is 0 Å². The van der Waals surface area contributed by atoms with E-state index in [9.17, 15) is 14.7 Å². The molecule has 2 N–H and O–H groups in total. The Bertz CT molecular complexity index is 462. The molecule has 0 aromatic heterocycles. The van der Waals surface area contributed by atoms with E-state index in [2.05, 4.69) is 0 Å².